The first kappa shape index (κ1) is 7.97. The number of nitrogen functional groups attached to an aromatic ring is 1. The maximum atomic E-state index is 6.80. The van der Waals surface area contributed by atoms with Crippen LogP contribution in [-0.4, -0.2) is 11.0 Å². The lowest BCUT2D eigenvalue weighted by atomic mass is 10.4. The number of hydrogen-bond donors (Lipinski definition) is 2. The first-order valence-electron chi connectivity index (χ1n) is 2.06. The molecule has 1 aromatic heterocycles. The first-order valence-corrected chi connectivity index (χ1v) is 2.06. The Morgan fingerprint density at radius 1 is 1.78 bits per heavy atom. The molecule has 1 rings (SSSR count). The summed E-state index contributed by atoms with van der Waals surface area (Å²) < 4.78 is 4.50. The molecule has 5 heteroatoms. The Labute approximate surface area is 57.9 Å². The molecule has 3 N–H and O–H groups in total. The summed E-state index contributed by atoms with van der Waals surface area (Å²) in [7, 11) is 0. The van der Waals surface area contributed by atoms with Crippen molar-refractivity contribution < 1.29 is 4.52 Å². The van der Waals surface area contributed by atoms with E-state index in [1.54, 1.807) is 0 Å². The van der Waals surface area contributed by atoms with E-state index in [4.69, 9.17) is 11.1 Å². The van der Waals surface area contributed by atoms with Crippen LogP contribution in [-0.2, 0) is 0 Å². The summed E-state index contributed by atoms with van der Waals surface area (Å²) in [5.41, 5.74) is 5.01. The Kier molecular flexibility index (Phi) is 2.73. The molecule has 0 bridgehead atoms. The minimum Gasteiger partial charge on any atom is -0.381 e. The second-order valence-corrected chi connectivity index (χ2v) is 1.29. The molecule has 1 heterocycles. The van der Waals surface area contributed by atoms with E-state index in [0.29, 0.717) is 5.76 Å². The number of amidine groups is 1. The second kappa shape index (κ2) is 3.09. The highest BCUT2D eigenvalue weighted by molar-refractivity contribution is 5.91. The molecule has 0 aromatic carbocycles. The Balaban J connectivity index is 0.000000640. The van der Waals surface area contributed by atoms with Crippen LogP contribution in [0.3, 0.4) is 0 Å². The smallest absolute Gasteiger partial charge is 0.200 e. The monoisotopic (exact) mass is 147 g/mol. The fourth-order valence-corrected chi connectivity index (χ4v) is 0.355. The van der Waals surface area contributed by atoms with Crippen LogP contribution in [0.4, 0.5) is 0 Å². The molecule has 0 aliphatic carbocycles. The van der Waals surface area contributed by atoms with Crippen molar-refractivity contribution >= 4 is 18.2 Å². The van der Waals surface area contributed by atoms with Crippen molar-refractivity contribution in [3.05, 3.63) is 18.0 Å². The molecule has 0 aliphatic heterocycles. The average molecular weight is 148 g/mol. The number of halogens is 1. The van der Waals surface area contributed by atoms with Crippen LogP contribution in [0, 0.1) is 5.41 Å². The van der Waals surface area contributed by atoms with Crippen molar-refractivity contribution in [1.29, 1.82) is 5.41 Å². The van der Waals surface area contributed by atoms with Crippen LogP contribution in [0.2, 0.25) is 0 Å². The standard InChI is InChI=1S/C4H5N3O.ClH/c5-4(6)3-1-2-7-8-3;/h1-2H,(H3,5,6);1H. The van der Waals surface area contributed by atoms with Crippen LogP contribution in [0.1, 0.15) is 5.76 Å². The molecule has 0 aliphatic rings. The van der Waals surface area contributed by atoms with Gasteiger partial charge >= 0.3 is 0 Å². The molecule has 0 atom stereocenters. The molecule has 0 fully saturated rings. The van der Waals surface area contributed by atoms with E-state index in [-0.39, 0.29) is 18.2 Å². The molecular weight excluding hydrogens is 142 g/mol. The molecule has 0 amide bonds. The molecule has 0 radical (unpaired) electrons. The third kappa shape index (κ3) is 1.73. The Hall–Kier alpha value is -1.03. The predicted molar refractivity (Wildman–Crippen MR) is 34.8 cm³/mol. The number of nitrogens with two attached hydrogens (primary N) is 1. The van der Waals surface area contributed by atoms with Gasteiger partial charge in [-0.1, -0.05) is 5.16 Å². The van der Waals surface area contributed by atoms with Gasteiger partial charge in [0.1, 0.15) is 0 Å². The van der Waals surface area contributed by atoms with Crippen molar-refractivity contribution in [2.24, 2.45) is 5.73 Å². The van der Waals surface area contributed by atoms with Gasteiger partial charge in [-0.15, -0.1) is 12.4 Å². The highest BCUT2D eigenvalue weighted by Gasteiger charge is 1.96. The number of nitrogens with zero attached hydrogens (tertiary/aromatic N) is 1. The molecular formula is C4H6ClN3O. The summed E-state index contributed by atoms with van der Waals surface area (Å²) in [6.07, 6.45) is 1.44. The van der Waals surface area contributed by atoms with Crippen molar-refractivity contribution in [3.8, 4) is 0 Å². The van der Waals surface area contributed by atoms with E-state index in [2.05, 4.69) is 9.68 Å². The predicted octanol–water partition coefficient (Wildman–Crippen LogP) is 0.380. The summed E-state index contributed by atoms with van der Waals surface area (Å²) in [4.78, 5) is 0. The SMILES string of the molecule is Cl.N=C(N)c1ccno1. The minimum absolute atomic E-state index is 0. The number of aromatic nitrogens is 1. The zero-order chi connectivity index (χ0) is 5.98. The maximum Gasteiger partial charge on any atom is 0.200 e. The third-order valence-corrected chi connectivity index (χ3v) is 0.703. The van der Waals surface area contributed by atoms with Crippen molar-refractivity contribution in [1.82, 2.24) is 5.16 Å². The topological polar surface area (TPSA) is 75.9 Å². The van der Waals surface area contributed by atoms with Crippen molar-refractivity contribution in [2.75, 3.05) is 0 Å². The minimum atomic E-state index is -0.0949. The summed E-state index contributed by atoms with van der Waals surface area (Å²) in [6, 6.07) is 1.53. The summed E-state index contributed by atoms with van der Waals surface area (Å²) in [6.45, 7) is 0. The van der Waals surface area contributed by atoms with Crippen LogP contribution in [0.25, 0.3) is 0 Å². The van der Waals surface area contributed by atoms with E-state index < -0.39 is 0 Å². The zero-order valence-corrected chi connectivity index (χ0v) is 5.31. The molecule has 4 nitrogen and oxygen atoms in total. The molecule has 1 aromatic rings. The van der Waals surface area contributed by atoms with E-state index >= 15 is 0 Å². The highest BCUT2D eigenvalue weighted by atomic mass is 35.5. The number of hydrogen-bond acceptors (Lipinski definition) is 3. The Morgan fingerprint density at radius 2 is 2.44 bits per heavy atom. The normalized spacial score (nSPS) is 8.00. The van der Waals surface area contributed by atoms with E-state index in [0.717, 1.165) is 0 Å². The van der Waals surface area contributed by atoms with Gasteiger partial charge in [0, 0.05) is 6.07 Å². The number of nitrogens with one attached hydrogen (secondary N) is 1. The fraction of sp³-hybridized carbons (Fsp3) is 0. The Morgan fingerprint density at radius 3 is 2.67 bits per heavy atom. The molecule has 9 heavy (non-hydrogen) atoms. The van der Waals surface area contributed by atoms with Gasteiger partial charge in [-0.05, 0) is 0 Å². The first-order chi connectivity index (χ1) is 3.80. The molecule has 50 valence electrons. The lowest BCUT2D eigenvalue weighted by Gasteiger charge is -1.82. The summed E-state index contributed by atoms with van der Waals surface area (Å²) in [5, 5.41) is 10.1. The van der Waals surface area contributed by atoms with E-state index in [1.807, 2.05) is 0 Å². The fourth-order valence-electron chi connectivity index (χ4n) is 0.355. The van der Waals surface area contributed by atoms with Gasteiger partial charge in [0.15, 0.2) is 5.84 Å². The molecule has 0 saturated carbocycles. The van der Waals surface area contributed by atoms with Crippen LogP contribution < -0.4 is 5.73 Å². The van der Waals surface area contributed by atoms with Gasteiger partial charge in [-0.25, -0.2) is 0 Å². The van der Waals surface area contributed by atoms with Gasteiger partial charge in [-0.2, -0.15) is 0 Å². The lowest BCUT2D eigenvalue weighted by Crippen LogP contribution is -2.09. The molecule has 0 saturated heterocycles. The van der Waals surface area contributed by atoms with Gasteiger partial charge in [0.25, 0.3) is 0 Å². The van der Waals surface area contributed by atoms with Crippen molar-refractivity contribution in [2.45, 2.75) is 0 Å². The largest absolute Gasteiger partial charge is 0.381 e. The third-order valence-electron chi connectivity index (χ3n) is 0.703. The van der Waals surface area contributed by atoms with E-state index in [1.165, 1.54) is 12.3 Å². The summed E-state index contributed by atoms with van der Waals surface area (Å²) in [5.74, 6) is 0.215. The Bertz CT molecular complexity index is 184. The van der Waals surface area contributed by atoms with Crippen molar-refractivity contribution in [3.63, 3.8) is 0 Å². The number of rotatable bonds is 1. The van der Waals surface area contributed by atoms with Crippen LogP contribution >= 0.6 is 12.4 Å². The summed E-state index contributed by atoms with van der Waals surface area (Å²) >= 11 is 0. The molecule has 0 unspecified atom stereocenters. The quantitative estimate of drug-likeness (QED) is 0.446. The average Bonchev–Trinajstić information content (AvgIpc) is 2.12. The van der Waals surface area contributed by atoms with Gasteiger partial charge < -0.3 is 10.3 Å². The van der Waals surface area contributed by atoms with Gasteiger partial charge in [-0.3, -0.25) is 5.41 Å². The zero-order valence-electron chi connectivity index (χ0n) is 4.50. The molecule has 0 spiro atoms. The van der Waals surface area contributed by atoms with Crippen LogP contribution in [0.15, 0.2) is 16.8 Å². The van der Waals surface area contributed by atoms with Gasteiger partial charge in [0.2, 0.25) is 5.76 Å². The van der Waals surface area contributed by atoms with Gasteiger partial charge in [0.05, 0.1) is 6.20 Å². The lowest BCUT2D eigenvalue weighted by molar-refractivity contribution is 0.412. The van der Waals surface area contributed by atoms with E-state index in [9.17, 15) is 0 Å². The maximum absolute atomic E-state index is 6.80. The van der Waals surface area contributed by atoms with Crippen LogP contribution in [0.5, 0.6) is 0 Å². The highest BCUT2D eigenvalue weighted by Crippen LogP contribution is 1.91. The second-order valence-electron chi connectivity index (χ2n) is 1.29.